The van der Waals surface area contributed by atoms with Crippen molar-refractivity contribution in [3.8, 4) is 28.3 Å². The molecule has 0 saturated carbocycles. The number of anilines is 1. The van der Waals surface area contributed by atoms with Crippen LogP contribution in [0, 0.1) is 12.7 Å². The Bertz CT molecular complexity index is 1660. The predicted octanol–water partition coefficient (Wildman–Crippen LogP) is 4.03. The Hall–Kier alpha value is -3.85. The molecule has 0 atom stereocenters. The largest absolute Gasteiger partial charge is 0.420 e. The van der Waals surface area contributed by atoms with Gasteiger partial charge in [0.1, 0.15) is 28.6 Å². The average Bonchev–Trinajstić information content (AvgIpc) is 3.48. The van der Waals surface area contributed by atoms with Gasteiger partial charge < -0.3 is 9.88 Å². The normalized spacial score (nSPS) is 15.5. The van der Waals surface area contributed by atoms with E-state index in [1.54, 1.807) is 37.0 Å². The predicted molar refractivity (Wildman–Crippen MR) is 140 cm³/mol. The third-order valence-electron chi connectivity index (χ3n) is 6.80. The molecule has 0 aliphatic carbocycles. The summed E-state index contributed by atoms with van der Waals surface area (Å²) in [6.45, 7) is 2.11. The quantitative estimate of drug-likeness (QED) is 0.344. The molecular formula is C25H26F4N8O2S. The van der Waals surface area contributed by atoms with Gasteiger partial charge in [-0.15, -0.1) is 0 Å². The smallest absolute Gasteiger partial charge is 0.351 e. The van der Waals surface area contributed by atoms with E-state index in [1.807, 2.05) is 0 Å². The van der Waals surface area contributed by atoms with E-state index in [4.69, 9.17) is 0 Å². The highest BCUT2D eigenvalue weighted by Gasteiger charge is 2.36. The van der Waals surface area contributed by atoms with Crippen molar-refractivity contribution >= 4 is 16.0 Å². The summed E-state index contributed by atoms with van der Waals surface area (Å²) in [6.07, 6.45) is 0.839. The van der Waals surface area contributed by atoms with E-state index in [0.717, 1.165) is 6.26 Å². The zero-order valence-corrected chi connectivity index (χ0v) is 22.6. The number of halogens is 4. The van der Waals surface area contributed by atoms with Crippen LogP contribution in [0.2, 0.25) is 0 Å². The first-order valence-corrected chi connectivity index (χ1v) is 14.2. The number of hydrogen-bond acceptors (Lipinski definition) is 7. The molecule has 0 radical (unpaired) electrons. The number of piperidine rings is 1. The zero-order chi connectivity index (χ0) is 28.8. The van der Waals surface area contributed by atoms with Crippen molar-refractivity contribution < 1.29 is 26.0 Å². The van der Waals surface area contributed by atoms with Crippen molar-refractivity contribution in [3.05, 3.63) is 60.1 Å². The molecule has 4 aromatic rings. The third-order valence-corrected chi connectivity index (χ3v) is 8.10. The van der Waals surface area contributed by atoms with Crippen molar-refractivity contribution in [1.29, 1.82) is 0 Å². The monoisotopic (exact) mass is 578 g/mol. The maximum absolute atomic E-state index is 15.2. The second-order valence-corrected chi connectivity index (χ2v) is 11.6. The number of aryl methyl sites for hydroxylation is 2. The lowest BCUT2D eigenvalue weighted by Crippen LogP contribution is -2.42. The number of nitrogens with zero attached hydrogens (tertiary/aromatic N) is 7. The molecule has 15 heteroatoms. The maximum Gasteiger partial charge on any atom is 0.420 e. The van der Waals surface area contributed by atoms with Crippen LogP contribution >= 0.6 is 0 Å². The molecule has 10 nitrogen and oxygen atoms in total. The molecule has 4 heterocycles. The van der Waals surface area contributed by atoms with Crippen LogP contribution in [0.3, 0.4) is 0 Å². The van der Waals surface area contributed by atoms with Gasteiger partial charge in [-0.05, 0) is 38.0 Å². The lowest BCUT2D eigenvalue weighted by Gasteiger charge is -2.30. The minimum absolute atomic E-state index is 0.0419. The van der Waals surface area contributed by atoms with E-state index in [0.29, 0.717) is 30.3 Å². The molecule has 212 valence electrons. The van der Waals surface area contributed by atoms with Crippen molar-refractivity contribution in [2.24, 2.45) is 7.05 Å². The van der Waals surface area contributed by atoms with Gasteiger partial charge in [-0.25, -0.2) is 32.1 Å². The number of imidazole rings is 1. The highest BCUT2D eigenvalue weighted by atomic mass is 32.2. The number of alkyl halides is 3. The highest BCUT2D eigenvalue weighted by Crippen LogP contribution is 2.36. The van der Waals surface area contributed by atoms with Crippen LogP contribution < -0.4 is 5.32 Å². The Balaban J connectivity index is 1.46. The summed E-state index contributed by atoms with van der Waals surface area (Å²) in [5, 5.41) is 7.10. The summed E-state index contributed by atoms with van der Waals surface area (Å²) in [5.41, 5.74) is -0.231. The average molecular weight is 579 g/mol. The molecule has 1 aromatic carbocycles. The van der Waals surface area contributed by atoms with Gasteiger partial charge in [0.15, 0.2) is 0 Å². The van der Waals surface area contributed by atoms with E-state index in [9.17, 15) is 21.6 Å². The molecule has 0 amide bonds. The number of rotatable bonds is 6. The molecule has 0 spiro atoms. The van der Waals surface area contributed by atoms with Crippen LogP contribution in [-0.2, 0) is 23.2 Å². The zero-order valence-electron chi connectivity index (χ0n) is 21.8. The van der Waals surface area contributed by atoms with Crippen LogP contribution in [0.1, 0.15) is 24.2 Å². The second kappa shape index (κ2) is 10.3. The summed E-state index contributed by atoms with van der Waals surface area (Å²) < 4.78 is 84.8. The molecule has 1 N–H and O–H groups in total. The van der Waals surface area contributed by atoms with Gasteiger partial charge in [-0.1, -0.05) is 6.07 Å². The van der Waals surface area contributed by atoms with Gasteiger partial charge >= 0.3 is 6.18 Å². The van der Waals surface area contributed by atoms with E-state index in [2.05, 4.69) is 25.4 Å². The Morgan fingerprint density at radius 3 is 2.42 bits per heavy atom. The molecular weight excluding hydrogens is 552 g/mol. The molecule has 1 fully saturated rings. The Labute approximate surface area is 227 Å². The Kier molecular flexibility index (Phi) is 7.12. The summed E-state index contributed by atoms with van der Waals surface area (Å²) in [6, 6.07) is 6.06. The van der Waals surface area contributed by atoms with Gasteiger partial charge in [0.2, 0.25) is 16.0 Å². The first-order chi connectivity index (χ1) is 18.8. The molecule has 1 saturated heterocycles. The fraction of sp³-hybridized carbons (Fsp3) is 0.360. The SMILES string of the molecule is Cc1nc(-c2nc(NC3CCN(S(C)(=O)=O)CC3)ncc2C(F)(F)F)cn1-c1ccc(-c2ccnn2C)cc1F. The summed E-state index contributed by atoms with van der Waals surface area (Å²) >= 11 is 0. The lowest BCUT2D eigenvalue weighted by molar-refractivity contribution is -0.137. The maximum atomic E-state index is 15.2. The molecule has 1 aliphatic heterocycles. The molecule has 0 bridgehead atoms. The number of nitrogens with one attached hydrogen (secondary N) is 1. The van der Waals surface area contributed by atoms with Crippen LogP contribution in [0.5, 0.6) is 0 Å². The first kappa shape index (κ1) is 27.7. The lowest BCUT2D eigenvalue weighted by atomic mass is 10.1. The van der Waals surface area contributed by atoms with E-state index < -0.39 is 33.3 Å². The van der Waals surface area contributed by atoms with Gasteiger partial charge in [-0.2, -0.15) is 18.3 Å². The fourth-order valence-corrected chi connectivity index (χ4v) is 5.59. The topological polar surface area (TPSA) is 111 Å². The van der Waals surface area contributed by atoms with E-state index in [1.165, 1.54) is 27.2 Å². The first-order valence-electron chi connectivity index (χ1n) is 12.3. The minimum Gasteiger partial charge on any atom is -0.351 e. The number of benzene rings is 1. The summed E-state index contributed by atoms with van der Waals surface area (Å²) in [7, 11) is -1.59. The van der Waals surface area contributed by atoms with E-state index in [-0.39, 0.29) is 42.3 Å². The van der Waals surface area contributed by atoms with Crippen molar-refractivity contribution in [2.75, 3.05) is 24.7 Å². The van der Waals surface area contributed by atoms with Gasteiger partial charge in [-0.3, -0.25) is 4.68 Å². The molecule has 1 aliphatic rings. The van der Waals surface area contributed by atoms with Crippen molar-refractivity contribution in [3.63, 3.8) is 0 Å². The summed E-state index contributed by atoms with van der Waals surface area (Å²) in [5.74, 6) is -0.372. The summed E-state index contributed by atoms with van der Waals surface area (Å²) in [4.78, 5) is 12.3. The number of hydrogen-bond donors (Lipinski definition) is 1. The van der Waals surface area contributed by atoms with Crippen LogP contribution in [0.25, 0.3) is 28.3 Å². The van der Waals surface area contributed by atoms with Crippen molar-refractivity contribution in [1.82, 2.24) is 33.6 Å². The molecule has 3 aromatic heterocycles. The Morgan fingerprint density at radius 2 is 1.82 bits per heavy atom. The van der Waals surface area contributed by atoms with Crippen molar-refractivity contribution in [2.45, 2.75) is 32.0 Å². The minimum atomic E-state index is -4.76. The molecule has 0 unspecified atom stereocenters. The number of aromatic nitrogens is 6. The highest BCUT2D eigenvalue weighted by molar-refractivity contribution is 7.88. The number of sulfonamides is 1. The second-order valence-electron chi connectivity index (χ2n) is 9.58. The fourth-order valence-electron chi connectivity index (χ4n) is 4.72. The van der Waals surface area contributed by atoms with Crippen LogP contribution in [0.4, 0.5) is 23.5 Å². The van der Waals surface area contributed by atoms with E-state index >= 15 is 4.39 Å². The molecule has 5 rings (SSSR count). The standard InChI is InChI=1S/C25H26F4N8O2S/c1-15-32-20(14-37(15)22-5-4-16(12-19(22)26)21-6-9-31-35(21)2)23-18(25(27,28)29)13-30-24(34-23)33-17-7-10-36(11-8-17)40(3,38)39/h4-6,9,12-14,17H,7-8,10-11H2,1-3H3,(H,30,33,34). The van der Waals surface area contributed by atoms with Gasteiger partial charge in [0.05, 0.1) is 17.6 Å². The van der Waals surface area contributed by atoms with Gasteiger partial charge in [0, 0.05) is 50.3 Å². The van der Waals surface area contributed by atoms with Crippen LogP contribution in [-0.4, -0.2) is 67.4 Å². The van der Waals surface area contributed by atoms with Gasteiger partial charge in [0.25, 0.3) is 0 Å². The third kappa shape index (κ3) is 5.56. The van der Waals surface area contributed by atoms with Crippen LogP contribution in [0.15, 0.2) is 42.9 Å². The molecule has 40 heavy (non-hydrogen) atoms. The Morgan fingerprint density at radius 1 is 1.10 bits per heavy atom.